The summed E-state index contributed by atoms with van der Waals surface area (Å²) in [4.78, 5) is 0. The molecule has 0 amide bonds. The van der Waals surface area contributed by atoms with E-state index >= 15 is 0 Å². The van der Waals surface area contributed by atoms with Gasteiger partial charge in [0.15, 0.2) is 0 Å². The SMILES string of the molecule is Cc1cc(C2CC3CC2C2CCCC32)cc(C)c1O. The van der Waals surface area contributed by atoms with Crippen molar-refractivity contribution in [2.45, 2.75) is 51.9 Å². The van der Waals surface area contributed by atoms with Gasteiger partial charge < -0.3 is 5.11 Å². The molecular formula is C18H24O. The Morgan fingerprint density at radius 2 is 1.63 bits per heavy atom. The molecule has 1 N–H and O–H groups in total. The van der Waals surface area contributed by atoms with Crippen LogP contribution >= 0.6 is 0 Å². The first kappa shape index (κ1) is 11.8. The zero-order valence-corrected chi connectivity index (χ0v) is 12.0. The van der Waals surface area contributed by atoms with Crippen molar-refractivity contribution in [2.24, 2.45) is 23.7 Å². The van der Waals surface area contributed by atoms with Gasteiger partial charge in [-0.15, -0.1) is 0 Å². The monoisotopic (exact) mass is 256 g/mol. The molecule has 4 rings (SSSR count). The number of aryl methyl sites for hydroxylation is 2. The smallest absolute Gasteiger partial charge is 0.121 e. The van der Waals surface area contributed by atoms with Gasteiger partial charge in [-0.2, -0.15) is 0 Å². The lowest BCUT2D eigenvalue weighted by molar-refractivity contribution is 0.232. The summed E-state index contributed by atoms with van der Waals surface area (Å²) in [6.07, 6.45) is 7.36. The Balaban J connectivity index is 1.68. The van der Waals surface area contributed by atoms with Gasteiger partial charge in [0, 0.05) is 0 Å². The van der Waals surface area contributed by atoms with Gasteiger partial charge in [0.2, 0.25) is 0 Å². The second kappa shape index (κ2) is 4.01. The molecule has 5 unspecified atom stereocenters. The summed E-state index contributed by atoms with van der Waals surface area (Å²) in [5.74, 6) is 5.32. The number of phenolic OH excluding ortho intramolecular Hbond substituents is 1. The number of benzene rings is 1. The summed E-state index contributed by atoms with van der Waals surface area (Å²) >= 11 is 0. The molecule has 102 valence electrons. The van der Waals surface area contributed by atoms with Crippen LogP contribution in [0.3, 0.4) is 0 Å². The Labute approximate surface area is 116 Å². The predicted molar refractivity (Wildman–Crippen MR) is 77.4 cm³/mol. The molecule has 1 aromatic carbocycles. The van der Waals surface area contributed by atoms with Crippen LogP contribution in [0.2, 0.25) is 0 Å². The average Bonchev–Trinajstić information content (AvgIpc) is 3.06. The van der Waals surface area contributed by atoms with E-state index in [4.69, 9.17) is 0 Å². The number of hydrogen-bond donors (Lipinski definition) is 1. The standard InChI is InChI=1S/C18H24O/c1-10-6-12(7-11(2)18(10)19)16-8-13-9-17(16)15-5-3-4-14(13)15/h6-7,13-17,19H,3-5,8-9H2,1-2H3. The maximum atomic E-state index is 9.96. The summed E-state index contributed by atoms with van der Waals surface area (Å²) < 4.78 is 0. The molecule has 3 aliphatic carbocycles. The second-order valence-electron chi connectivity index (χ2n) is 7.26. The molecule has 0 spiro atoms. The van der Waals surface area contributed by atoms with Crippen LogP contribution in [0.5, 0.6) is 5.75 Å². The lowest BCUT2D eigenvalue weighted by Gasteiger charge is -2.32. The van der Waals surface area contributed by atoms with Gasteiger partial charge in [0.05, 0.1) is 0 Å². The molecule has 0 aliphatic heterocycles. The van der Waals surface area contributed by atoms with Gasteiger partial charge in [-0.3, -0.25) is 0 Å². The number of phenols is 1. The van der Waals surface area contributed by atoms with Crippen LogP contribution in [0.1, 0.15) is 54.7 Å². The van der Waals surface area contributed by atoms with Crippen molar-refractivity contribution < 1.29 is 5.11 Å². The van der Waals surface area contributed by atoms with Crippen LogP contribution < -0.4 is 0 Å². The molecule has 3 fully saturated rings. The first-order valence-electron chi connectivity index (χ1n) is 7.95. The minimum atomic E-state index is 0.491. The molecule has 0 heterocycles. The summed E-state index contributed by atoms with van der Waals surface area (Å²) in [6, 6.07) is 4.50. The van der Waals surface area contributed by atoms with Gasteiger partial charge in [0.25, 0.3) is 0 Å². The summed E-state index contributed by atoms with van der Waals surface area (Å²) in [7, 11) is 0. The van der Waals surface area contributed by atoms with E-state index in [1.54, 1.807) is 0 Å². The Morgan fingerprint density at radius 1 is 0.947 bits per heavy atom. The Bertz CT molecular complexity index is 495. The van der Waals surface area contributed by atoms with Crippen molar-refractivity contribution >= 4 is 0 Å². The predicted octanol–water partition coefficient (Wildman–Crippen LogP) is 4.55. The van der Waals surface area contributed by atoms with Crippen LogP contribution in [0.25, 0.3) is 0 Å². The third-order valence-corrected chi connectivity index (χ3v) is 6.37. The van der Waals surface area contributed by atoms with Crippen LogP contribution in [0.4, 0.5) is 0 Å². The topological polar surface area (TPSA) is 20.2 Å². The van der Waals surface area contributed by atoms with E-state index in [2.05, 4.69) is 12.1 Å². The molecule has 0 aromatic heterocycles. The average molecular weight is 256 g/mol. The summed E-state index contributed by atoms with van der Waals surface area (Å²) in [6.45, 7) is 4.08. The van der Waals surface area contributed by atoms with E-state index < -0.39 is 0 Å². The number of hydrogen-bond acceptors (Lipinski definition) is 1. The van der Waals surface area contributed by atoms with Crippen molar-refractivity contribution in [3.63, 3.8) is 0 Å². The van der Waals surface area contributed by atoms with Gasteiger partial charge in [-0.05, 0) is 85.8 Å². The Kier molecular flexibility index (Phi) is 2.49. The van der Waals surface area contributed by atoms with Crippen LogP contribution in [-0.2, 0) is 0 Å². The highest BCUT2D eigenvalue weighted by atomic mass is 16.3. The summed E-state index contributed by atoms with van der Waals surface area (Å²) in [5, 5.41) is 9.96. The molecule has 1 nitrogen and oxygen atoms in total. The van der Waals surface area contributed by atoms with E-state index in [1.165, 1.54) is 37.7 Å². The largest absolute Gasteiger partial charge is 0.507 e. The fraction of sp³-hybridized carbons (Fsp3) is 0.667. The van der Waals surface area contributed by atoms with E-state index in [0.717, 1.165) is 40.7 Å². The first-order chi connectivity index (χ1) is 9.15. The fourth-order valence-electron chi connectivity index (χ4n) is 5.65. The second-order valence-corrected chi connectivity index (χ2v) is 7.26. The molecule has 5 atom stereocenters. The highest BCUT2D eigenvalue weighted by Crippen LogP contribution is 2.63. The van der Waals surface area contributed by atoms with E-state index in [9.17, 15) is 5.11 Å². The summed E-state index contributed by atoms with van der Waals surface area (Å²) in [5.41, 5.74) is 3.62. The Hall–Kier alpha value is -0.980. The third-order valence-electron chi connectivity index (χ3n) is 6.37. The van der Waals surface area contributed by atoms with Gasteiger partial charge in [-0.1, -0.05) is 18.6 Å². The number of rotatable bonds is 1. The normalized spacial score (nSPS) is 39.8. The molecule has 0 radical (unpaired) electrons. The van der Waals surface area contributed by atoms with Crippen molar-refractivity contribution in [1.82, 2.24) is 0 Å². The number of aromatic hydroxyl groups is 1. The lowest BCUT2D eigenvalue weighted by atomic mass is 9.73. The zero-order chi connectivity index (χ0) is 13.1. The molecule has 2 bridgehead atoms. The fourth-order valence-corrected chi connectivity index (χ4v) is 5.65. The van der Waals surface area contributed by atoms with Crippen LogP contribution in [-0.4, -0.2) is 5.11 Å². The van der Waals surface area contributed by atoms with Crippen LogP contribution in [0.15, 0.2) is 12.1 Å². The highest BCUT2D eigenvalue weighted by molar-refractivity contribution is 5.44. The quantitative estimate of drug-likeness (QED) is 0.781. The zero-order valence-electron chi connectivity index (χ0n) is 12.0. The van der Waals surface area contributed by atoms with E-state index in [-0.39, 0.29) is 0 Å². The molecule has 19 heavy (non-hydrogen) atoms. The van der Waals surface area contributed by atoms with E-state index in [0.29, 0.717) is 5.75 Å². The molecule has 0 saturated heterocycles. The van der Waals surface area contributed by atoms with Crippen molar-refractivity contribution in [2.75, 3.05) is 0 Å². The van der Waals surface area contributed by atoms with Crippen molar-refractivity contribution in [3.05, 3.63) is 28.8 Å². The lowest BCUT2D eigenvalue weighted by Crippen LogP contribution is -2.23. The third kappa shape index (κ3) is 1.60. The number of fused-ring (bicyclic) bond motifs is 5. The van der Waals surface area contributed by atoms with Gasteiger partial charge >= 0.3 is 0 Å². The molecule has 3 saturated carbocycles. The maximum Gasteiger partial charge on any atom is 0.121 e. The minimum Gasteiger partial charge on any atom is -0.507 e. The molecular weight excluding hydrogens is 232 g/mol. The first-order valence-corrected chi connectivity index (χ1v) is 7.95. The molecule has 3 aliphatic rings. The van der Waals surface area contributed by atoms with Gasteiger partial charge in [0.1, 0.15) is 5.75 Å². The van der Waals surface area contributed by atoms with Gasteiger partial charge in [-0.25, -0.2) is 0 Å². The molecule has 1 heteroatoms. The highest BCUT2D eigenvalue weighted by Gasteiger charge is 2.53. The Morgan fingerprint density at radius 3 is 2.37 bits per heavy atom. The minimum absolute atomic E-state index is 0.491. The maximum absolute atomic E-state index is 9.96. The van der Waals surface area contributed by atoms with Crippen molar-refractivity contribution in [1.29, 1.82) is 0 Å². The van der Waals surface area contributed by atoms with E-state index in [1.807, 2.05) is 13.8 Å². The molecule has 1 aromatic rings. The van der Waals surface area contributed by atoms with Crippen LogP contribution in [0, 0.1) is 37.5 Å². The van der Waals surface area contributed by atoms with Crippen molar-refractivity contribution in [3.8, 4) is 5.75 Å².